The predicted octanol–water partition coefficient (Wildman–Crippen LogP) is 3.78. The summed E-state index contributed by atoms with van der Waals surface area (Å²) < 4.78 is 11.6. The lowest BCUT2D eigenvalue weighted by Gasteiger charge is -2.28. The first-order valence-corrected chi connectivity index (χ1v) is 8.36. The average Bonchev–Trinajstić information content (AvgIpc) is 2.48. The quantitative estimate of drug-likeness (QED) is 0.922. The molecule has 0 amide bonds. The molecule has 0 aromatic heterocycles. The van der Waals surface area contributed by atoms with Crippen molar-refractivity contribution in [3.8, 4) is 11.5 Å². The summed E-state index contributed by atoms with van der Waals surface area (Å²) in [6.07, 6.45) is 3.50. The second kappa shape index (κ2) is 6.45. The molecule has 0 radical (unpaired) electrons. The Balaban J connectivity index is 1.97. The number of benzene rings is 1. The van der Waals surface area contributed by atoms with E-state index >= 15 is 0 Å². The van der Waals surface area contributed by atoms with Gasteiger partial charge in [-0.2, -0.15) is 0 Å². The lowest BCUT2D eigenvalue weighted by molar-refractivity contribution is 0.169. The molecule has 1 aromatic carbocycles. The molecule has 3 rings (SSSR count). The van der Waals surface area contributed by atoms with Crippen LogP contribution in [0.5, 0.6) is 11.5 Å². The molecule has 1 N–H and O–H groups in total. The number of ether oxygens (including phenoxy) is 2. The molecule has 1 saturated heterocycles. The SMILES string of the molecule is CC(C)c1c(CC2CCNCC2)c(Cl)cc2c1OCCO2. The summed E-state index contributed by atoms with van der Waals surface area (Å²) in [6.45, 7) is 7.87. The maximum absolute atomic E-state index is 6.58. The molecule has 0 aliphatic carbocycles. The molecule has 2 aliphatic heterocycles. The predicted molar refractivity (Wildman–Crippen MR) is 85.8 cm³/mol. The van der Waals surface area contributed by atoms with Gasteiger partial charge in [0.1, 0.15) is 13.2 Å². The summed E-state index contributed by atoms with van der Waals surface area (Å²) in [5.41, 5.74) is 2.51. The number of piperidine rings is 1. The van der Waals surface area contributed by atoms with Crippen molar-refractivity contribution in [1.29, 1.82) is 0 Å². The molecule has 4 heteroatoms. The molecule has 1 aromatic rings. The molecule has 116 valence electrons. The first-order valence-electron chi connectivity index (χ1n) is 7.98. The lowest BCUT2D eigenvalue weighted by Crippen LogP contribution is -2.29. The molecule has 2 heterocycles. The van der Waals surface area contributed by atoms with E-state index < -0.39 is 0 Å². The molecule has 0 unspecified atom stereocenters. The highest BCUT2D eigenvalue weighted by Crippen LogP contribution is 2.44. The van der Waals surface area contributed by atoms with Crippen LogP contribution < -0.4 is 14.8 Å². The Morgan fingerprint density at radius 2 is 1.95 bits per heavy atom. The zero-order valence-corrected chi connectivity index (χ0v) is 13.6. The van der Waals surface area contributed by atoms with Gasteiger partial charge in [0.25, 0.3) is 0 Å². The van der Waals surface area contributed by atoms with E-state index in [2.05, 4.69) is 19.2 Å². The van der Waals surface area contributed by atoms with Crippen LogP contribution in [0.4, 0.5) is 0 Å². The third-order valence-electron chi connectivity index (χ3n) is 4.46. The second-order valence-corrected chi connectivity index (χ2v) is 6.73. The third kappa shape index (κ3) is 3.14. The smallest absolute Gasteiger partial charge is 0.165 e. The van der Waals surface area contributed by atoms with E-state index in [-0.39, 0.29) is 0 Å². The van der Waals surface area contributed by atoms with Crippen LogP contribution in [-0.2, 0) is 6.42 Å². The van der Waals surface area contributed by atoms with E-state index in [0.29, 0.717) is 25.0 Å². The summed E-state index contributed by atoms with van der Waals surface area (Å²) in [5, 5.41) is 4.26. The van der Waals surface area contributed by atoms with Crippen LogP contribution in [0.15, 0.2) is 6.07 Å². The Morgan fingerprint density at radius 3 is 2.67 bits per heavy atom. The van der Waals surface area contributed by atoms with Gasteiger partial charge in [-0.3, -0.25) is 0 Å². The highest BCUT2D eigenvalue weighted by atomic mass is 35.5. The van der Waals surface area contributed by atoms with Crippen molar-refractivity contribution in [3.63, 3.8) is 0 Å². The van der Waals surface area contributed by atoms with E-state index in [4.69, 9.17) is 21.1 Å². The second-order valence-electron chi connectivity index (χ2n) is 6.33. The van der Waals surface area contributed by atoms with Gasteiger partial charge in [0, 0.05) is 16.7 Å². The minimum absolute atomic E-state index is 0.385. The number of nitrogens with one attached hydrogen (secondary N) is 1. The monoisotopic (exact) mass is 309 g/mol. The van der Waals surface area contributed by atoms with Crippen molar-refractivity contribution < 1.29 is 9.47 Å². The average molecular weight is 310 g/mol. The van der Waals surface area contributed by atoms with E-state index in [1.54, 1.807) is 0 Å². The minimum atomic E-state index is 0.385. The highest BCUT2D eigenvalue weighted by molar-refractivity contribution is 6.31. The van der Waals surface area contributed by atoms with E-state index in [9.17, 15) is 0 Å². The van der Waals surface area contributed by atoms with Gasteiger partial charge in [-0.25, -0.2) is 0 Å². The van der Waals surface area contributed by atoms with Gasteiger partial charge in [-0.05, 0) is 49.8 Å². The van der Waals surface area contributed by atoms with Crippen molar-refractivity contribution in [2.45, 2.75) is 39.0 Å². The molecule has 0 atom stereocenters. The topological polar surface area (TPSA) is 30.5 Å². The first kappa shape index (κ1) is 15.0. The summed E-state index contributed by atoms with van der Waals surface area (Å²) in [5.74, 6) is 2.83. The van der Waals surface area contributed by atoms with Crippen molar-refractivity contribution >= 4 is 11.6 Å². The molecule has 0 bridgehead atoms. The first-order chi connectivity index (χ1) is 10.2. The highest BCUT2D eigenvalue weighted by Gasteiger charge is 2.26. The fourth-order valence-corrected chi connectivity index (χ4v) is 3.69. The third-order valence-corrected chi connectivity index (χ3v) is 4.79. The Hall–Kier alpha value is -0.930. The number of halogens is 1. The summed E-state index contributed by atoms with van der Waals surface area (Å²) in [6, 6.07) is 1.94. The van der Waals surface area contributed by atoms with E-state index in [1.165, 1.54) is 24.0 Å². The molecular weight excluding hydrogens is 286 g/mol. The maximum atomic E-state index is 6.58. The Labute approximate surface area is 132 Å². The number of fused-ring (bicyclic) bond motifs is 1. The zero-order chi connectivity index (χ0) is 14.8. The van der Waals surface area contributed by atoms with Crippen LogP contribution in [0.1, 0.15) is 43.7 Å². The summed E-state index contributed by atoms with van der Waals surface area (Å²) in [4.78, 5) is 0. The molecule has 1 fully saturated rings. The van der Waals surface area contributed by atoms with Crippen LogP contribution in [0.2, 0.25) is 5.02 Å². The molecule has 2 aliphatic rings. The standard InChI is InChI=1S/C17H24ClNO2/c1-11(2)16-13(9-12-3-5-19-6-4-12)14(18)10-15-17(16)21-8-7-20-15/h10-12,19H,3-9H2,1-2H3. The Bertz CT molecular complexity index is 510. The van der Waals surface area contributed by atoms with Crippen LogP contribution in [0, 0.1) is 5.92 Å². The van der Waals surface area contributed by atoms with Crippen molar-refractivity contribution in [1.82, 2.24) is 5.32 Å². The normalized spacial score (nSPS) is 19.0. The van der Waals surface area contributed by atoms with E-state index in [1.807, 2.05) is 6.07 Å². The molecule has 0 saturated carbocycles. The molecular formula is C17H24ClNO2. The fourth-order valence-electron chi connectivity index (χ4n) is 3.41. The van der Waals surface area contributed by atoms with Gasteiger partial charge >= 0.3 is 0 Å². The van der Waals surface area contributed by atoms with Crippen molar-refractivity contribution in [3.05, 3.63) is 22.2 Å². The molecule has 21 heavy (non-hydrogen) atoms. The van der Waals surface area contributed by atoms with Crippen molar-refractivity contribution in [2.24, 2.45) is 5.92 Å². The minimum Gasteiger partial charge on any atom is -0.486 e. The largest absolute Gasteiger partial charge is 0.486 e. The van der Waals surface area contributed by atoms with Gasteiger partial charge in [-0.1, -0.05) is 25.4 Å². The van der Waals surface area contributed by atoms with Crippen molar-refractivity contribution in [2.75, 3.05) is 26.3 Å². The van der Waals surface area contributed by atoms with Gasteiger partial charge in [0.2, 0.25) is 0 Å². The Morgan fingerprint density at radius 1 is 1.24 bits per heavy atom. The van der Waals surface area contributed by atoms with Crippen LogP contribution in [-0.4, -0.2) is 26.3 Å². The van der Waals surface area contributed by atoms with Gasteiger partial charge in [0.05, 0.1) is 0 Å². The Kier molecular flexibility index (Phi) is 4.60. The van der Waals surface area contributed by atoms with Crippen LogP contribution in [0.3, 0.4) is 0 Å². The number of hydrogen-bond acceptors (Lipinski definition) is 3. The molecule has 3 nitrogen and oxygen atoms in total. The number of hydrogen-bond donors (Lipinski definition) is 1. The van der Waals surface area contributed by atoms with Crippen LogP contribution in [0.25, 0.3) is 0 Å². The number of rotatable bonds is 3. The van der Waals surface area contributed by atoms with Gasteiger partial charge in [0.15, 0.2) is 11.5 Å². The molecule has 0 spiro atoms. The van der Waals surface area contributed by atoms with Gasteiger partial charge in [-0.15, -0.1) is 0 Å². The lowest BCUT2D eigenvalue weighted by atomic mass is 9.85. The van der Waals surface area contributed by atoms with Gasteiger partial charge < -0.3 is 14.8 Å². The fraction of sp³-hybridized carbons (Fsp3) is 0.647. The van der Waals surface area contributed by atoms with E-state index in [0.717, 1.165) is 36.0 Å². The zero-order valence-electron chi connectivity index (χ0n) is 12.9. The van der Waals surface area contributed by atoms with Crippen LogP contribution >= 0.6 is 11.6 Å². The summed E-state index contributed by atoms with van der Waals surface area (Å²) in [7, 11) is 0. The summed E-state index contributed by atoms with van der Waals surface area (Å²) >= 11 is 6.58. The maximum Gasteiger partial charge on any atom is 0.165 e.